The molecule has 2 atom stereocenters. The highest BCUT2D eigenvalue weighted by Crippen LogP contribution is 2.16. The minimum Gasteiger partial charge on any atom is -0.386 e. The molecule has 184 valence electrons. The molecule has 0 aliphatic heterocycles. The van der Waals surface area contributed by atoms with Crippen molar-refractivity contribution in [1.29, 1.82) is 0 Å². The third-order valence-electron chi connectivity index (χ3n) is 5.35. The van der Waals surface area contributed by atoms with E-state index >= 15 is 0 Å². The van der Waals surface area contributed by atoms with E-state index in [0.717, 1.165) is 51.4 Å². The largest absolute Gasteiger partial charge is 0.386 e. The Morgan fingerprint density at radius 1 is 0.594 bits per heavy atom. The lowest BCUT2D eigenvalue weighted by Crippen LogP contribution is -2.19. The second-order valence-electron chi connectivity index (χ2n) is 9.94. The Kier molecular flexibility index (Phi) is 18.2. The predicted octanol–water partition coefficient (Wildman–Crippen LogP) is 8.79. The fourth-order valence-electron chi connectivity index (χ4n) is 2.81. The van der Waals surface area contributed by atoms with E-state index < -0.39 is 11.2 Å². The number of rotatable bonds is 14. The molecule has 0 amide bonds. The molecular weight excluding hydrogens is 392 g/mol. The average molecular weight is 445 g/mol. The smallest absolute Gasteiger partial charge is 0.0800 e. The predicted molar refractivity (Wildman–Crippen MR) is 145 cm³/mol. The Hall–Kier alpha value is -1.64. The first-order valence-electron chi connectivity index (χ1n) is 12.0. The summed E-state index contributed by atoms with van der Waals surface area (Å²) in [6, 6.07) is 0. The third-order valence-corrected chi connectivity index (χ3v) is 5.35. The minimum atomic E-state index is -0.726. The van der Waals surface area contributed by atoms with Gasteiger partial charge in [0, 0.05) is 0 Å². The molecule has 32 heavy (non-hydrogen) atoms. The van der Waals surface area contributed by atoms with Crippen LogP contribution in [0, 0.1) is 0 Å². The van der Waals surface area contributed by atoms with Gasteiger partial charge in [-0.1, -0.05) is 58.7 Å². The fourth-order valence-corrected chi connectivity index (χ4v) is 2.81. The summed E-state index contributed by atoms with van der Waals surface area (Å²) in [6.07, 6.45) is 20.0. The van der Waals surface area contributed by atoms with Gasteiger partial charge in [-0.2, -0.15) is 0 Å². The Bertz CT molecular complexity index is 588. The highest BCUT2D eigenvalue weighted by molar-refractivity contribution is 5.04. The van der Waals surface area contributed by atoms with E-state index in [4.69, 9.17) is 0 Å². The zero-order valence-corrected chi connectivity index (χ0v) is 22.4. The van der Waals surface area contributed by atoms with E-state index in [1.807, 2.05) is 0 Å². The molecule has 0 aliphatic carbocycles. The fraction of sp³-hybridized carbons (Fsp3) is 0.600. The van der Waals surface area contributed by atoms with Gasteiger partial charge in [-0.3, -0.25) is 0 Å². The molecular formula is C30H52O2. The molecule has 0 aromatic heterocycles. The molecule has 0 rings (SSSR count). The maximum Gasteiger partial charge on any atom is 0.0800 e. The van der Waals surface area contributed by atoms with E-state index in [-0.39, 0.29) is 0 Å². The van der Waals surface area contributed by atoms with Gasteiger partial charge in [0.15, 0.2) is 0 Å². The number of hydrogen-bond donors (Lipinski definition) is 2. The van der Waals surface area contributed by atoms with Crippen molar-refractivity contribution in [1.82, 2.24) is 0 Å². The van der Waals surface area contributed by atoms with Crippen molar-refractivity contribution in [2.75, 3.05) is 0 Å². The molecule has 0 radical (unpaired) electrons. The van der Waals surface area contributed by atoms with Crippen LogP contribution in [0.25, 0.3) is 0 Å². The highest BCUT2D eigenvalue weighted by Gasteiger charge is 2.13. The summed E-state index contributed by atoms with van der Waals surface area (Å²) in [7, 11) is 0. The van der Waals surface area contributed by atoms with Crippen molar-refractivity contribution in [3.63, 3.8) is 0 Å². The molecule has 2 unspecified atom stereocenters. The van der Waals surface area contributed by atoms with Crippen LogP contribution in [0.5, 0.6) is 0 Å². The summed E-state index contributed by atoms with van der Waals surface area (Å²) in [5.74, 6) is 0. The molecule has 2 heteroatoms. The molecule has 0 spiro atoms. The lowest BCUT2D eigenvalue weighted by atomic mass is 9.99. The molecule has 0 saturated carbocycles. The van der Waals surface area contributed by atoms with Crippen LogP contribution in [0.4, 0.5) is 0 Å². The second-order valence-corrected chi connectivity index (χ2v) is 9.94. The average Bonchev–Trinajstić information content (AvgIpc) is 2.67. The first-order valence-corrected chi connectivity index (χ1v) is 12.0. The SMILES string of the molecule is C=CC(C)(O)CCC=C(C)CCC=C(C)C.C=CC(C)(O)CCC=C(C)CCC=C(C)C. The first kappa shape index (κ1) is 32.5. The number of aliphatic hydroxyl groups is 2. The van der Waals surface area contributed by atoms with Crippen LogP contribution in [-0.2, 0) is 0 Å². The van der Waals surface area contributed by atoms with Gasteiger partial charge in [0.1, 0.15) is 0 Å². The molecule has 0 aliphatic rings. The van der Waals surface area contributed by atoms with Crippen LogP contribution in [0.3, 0.4) is 0 Å². The Morgan fingerprint density at radius 2 is 0.906 bits per heavy atom. The lowest BCUT2D eigenvalue weighted by Gasteiger charge is -2.16. The molecule has 0 fully saturated rings. The summed E-state index contributed by atoms with van der Waals surface area (Å²) < 4.78 is 0. The monoisotopic (exact) mass is 444 g/mol. The van der Waals surface area contributed by atoms with Gasteiger partial charge in [0.05, 0.1) is 11.2 Å². The molecule has 0 saturated heterocycles. The van der Waals surface area contributed by atoms with Gasteiger partial charge >= 0.3 is 0 Å². The number of allylic oxidation sites excluding steroid dienone is 8. The lowest BCUT2D eigenvalue weighted by molar-refractivity contribution is 0.103. The van der Waals surface area contributed by atoms with Crippen molar-refractivity contribution in [2.24, 2.45) is 0 Å². The van der Waals surface area contributed by atoms with Crippen molar-refractivity contribution < 1.29 is 10.2 Å². The second kappa shape index (κ2) is 17.9. The van der Waals surface area contributed by atoms with Crippen molar-refractivity contribution in [3.8, 4) is 0 Å². The van der Waals surface area contributed by atoms with Crippen LogP contribution in [0.2, 0.25) is 0 Å². The normalized spacial score (nSPS) is 15.4. The Labute approximate surface area is 200 Å². The van der Waals surface area contributed by atoms with Crippen molar-refractivity contribution >= 4 is 0 Å². The van der Waals surface area contributed by atoms with Crippen LogP contribution in [-0.4, -0.2) is 21.4 Å². The van der Waals surface area contributed by atoms with Gasteiger partial charge in [-0.15, -0.1) is 13.2 Å². The quantitative estimate of drug-likeness (QED) is 0.263. The molecule has 0 heterocycles. The van der Waals surface area contributed by atoms with E-state index in [1.54, 1.807) is 26.0 Å². The Balaban J connectivity index is 0. The van der Waals surface area contributed by atoms with Crippen LogP contribution < -0.4 is 0 Å². The summed E-state index contributed by atoms with van der Waals surface area (Å²) in [6.45, 7) is 23.6. The third kappa shape index (κ3) is 23.0. The van der Waals surface area contributed by atoms with Gasteiger partial charge in [-0.25, -0.2) is 0 Å². The van der Waals surface area contributed by atoms with E-state index in [9.17, 15) is 10.2 Å². The Morgan fingerprint density at radius 3 is 1.16 bits per heavy atom. The van der Waals surface area contributed by atoms with Gasteiger partial charge < -0.3 is 10.2 Å². The van der Waals surface area contributed by atoms with E-state index in [2.05, 4.69) is 79.0 Å². The summed E-state index contributed by atoms with van der Waals surface area (Å²) >= 11 is 0. The van der Waals surface area contributed by atoms with Gasteiger partial charge in [-0.05, 0) is 107 Å². The van der Waals surface area contributed by atoms with Crippen molar-refractivity contribution in [2.45, 2.75) is 118 Å². The molecule has 0 bridgehead atoms. The maximum absolute atomic E-state index is 9.73. The summed E-state index contributed by atoms with van der Waals surface area (Å²) in [5.41, 5.74) is 4.10. The first-order chi connectivity index (χ1) is 14.7. The van der Waals surface area contributed by atoms with Gasteiger partial charge in [0.25, 0.3) is 0 Å². The van der Waals surface area contributed by atoms with Gasteiger partial charge in [0.2, 0.25) is 0 Å². The van der Waals surface area contributed by atoms with Crippen LogP contribution in [0.1, 0.15) is 107 Å². The molecule has 0 aromatic rings. The van der Waals surface area contributed by atoms with E-state index in [0.29, 0.717) is 0 Å². The maximum atomic E-state index is 9.73. The summed E-state index contributed by atoms with van der Waals surface area (Å²) in [5, 5.41) is 19.5. The molecule has 2 nitrogen and oxygen atoms in total. The number of hydrogen-bond acceptors (Lipinski definition) is 2. The zero-order chi connectivity index (χ0) is 25.2. The summed E-state index contributed by atoms with van der Waals surface area (Å²) in [4.78, 5) is 0. The topological polar surface area (TPSA) is 40.5 Å². The van der Waals surface area contributed by atoms with Crippen LogP contribution >= 0.6 is 0 Å². The van der Waals surface area contributed by atoms with Crippen LogP contribution in [0.15, 0.2) is 71.9 Å². The molecule has 2 N–H and O–H groups in total. The minimum absolute atomic E-state index is 0.726. The highest BCUT2D eigenvalue weighted by atomic mass is 16.3. The van der Waals surface area contributed by atoms with E-state index in [1.165, 1.54) is 22.3 Å². The standard InChI is InChI=1S/2C15H26O/c2*1-6-15(5,16)12-8-11-14(4)10-7-9-13(2)3/h2*6,9,11,16H,1,7-8,10,12H2,2-5H3. The zero-order valence-electron chi connectivity index (χ0n) is 22.4. The van der Waals surface area contributed by atoms with Crippen molar-refractivity contribution in [3.05, 3.63) is 71.9 Å². The molecule has 0 aromatic carbocycles.